The van der Waals surface area contributed by atoms with Crippen LogP contribution < -0.4 is 0 Å². The van der Waals surface area contributed by atoms with Gasteiger partial charge in [-0.3, -0.25) is 0 Å². The number of halogens is 1. The topological polar surface area (TPSA) is 52.3 Å². The highest BCUT2D eigenvalue weighted by molar-refractivity contribution is 5.90. The maximum Gasteiger partial charge on any atom is 0.340 e. The molecule has 4 rings (SSSR count). The predicted molar refractivity (Wildman–Crippen MR) is 109 cm³/mol. The van der Waals surface area contributed by atoms with E-state index in [1.807, 2.05) is 43.3 Å². The van der Waals surface area contributed by atoms with Crippen molar-refractivity contribution in [3.63, 3.8) is 0 Å². The van der Waals surface area contributed by atoms with Crippen LogP contribution >= 0.6 is 0 Å². The summed E-state index contributed by atoms with van der Waals surface area (Å²) in [6, 6.07) is 22.2. The SMILES string of the molecule is COC(=O)c1ccc(-c2cc(-c3ccc(-c4ccccc4)c(C)c3)on2)cc1F. The molecule has 1 aromatic heterocycles. The van der Waals surface area contributed by atoms with Crippen LogP contribution in [0.25, 0.3) is 33.7 Å². The molecule has 0 fully saturated rings. The van der Waals surface area contributed by atoms with Gasteiger partial charge in [0.15, 0.2) is 5.76 Å². The van der Waals surface area contributed by atoms with E-state index in [9.17, 15) is 9.18 Å². The van der Waals surface area contributed by atoms with Crippen LogP contribution in [0.4, 0.5) is 4.39 Å². The zero-order chi connectivity index (χ0) is 20.4. The molecule has 0 N–H and O–H groups in total. The van der Waals surface area contributed by atoms with Crippen molar-refractivity contribution >= 4 is 5.97 Å². The Bertz CT molecular complexity index is 1180. The molecule has 4 aromatic rings. The second-order valence-electron chi connectivity index (χ2n) is 6.66. The van der Waals surface area contributed by atoms with Gasteiger partial charge in [0.25, 0.3) is 0 Å². The quantitative estimate of drug-likeness (QED) is 0.409. The molecule has 0 aliphatic carbocycles. The summed E-state index contributed by atoms with van der Waals surface area (Å²) in [5.41, 5.74) is 5.17. The van der Waals surface area contributed by atoms with Gasteiger partial charge in [0, 0.05) is 17.2 Å². The van der Waals surface area contributed by atoms with Gasteiger partial charge < -0.3 is 9.26 Å². The molecule has 0 amide bonds. The summed E-state index contributed by atoms with van der Waals surface area (Å²) in [4.78, 5) is 11.5. The Kier molecular flexibility index (Phi) is 4.96. The second-order valence-corrected chi connectivity index (χ2v) is 6.66. The molecule has 0 radical (unpaired) electrons. The summed E-state index contributed by atoms with van der Waals surface area (Å²) in [7, 11) is 1.21. The molecule has 0 saturated carbocycles. The summed E-state index contributed by atoms with van der Waals surface area (Å²) in [6.45, 7) is 2.05. The van der Waals surface area contributed by atoms with Crippen molar-refractivity contribution < 1.29 is 18.4 Å². The van der Waals surface area contributed by atoms with E-state index < -0.39 is 11.8 Å². The summed E-state index contributed by atoms with van der Waals surface area (Å²) >= 11 is 0. The van der Waals surface area contributed by atoms with Gasteiger partial charge in [-0.1, -0.05) is 53.7 Å². The maximum atomic E-state index is 14.2. The van der Waals surface area contributed by atoms with Gasteiger partial charge in [0.2, 0.25) is 0 Å². The van der Waals surface area contributed by atoms with Crippen LogP contribution in [0.2, 0.25) is 0 Å². The molecule has 3 aromatic carbocycles. The average molecular weight is 387 g/mol. The minimum atomic E-state index is -0.719. The highest BCUT2D eigenvalue weighted by Crippen LogP contribution is 2.31. The first kappa shape index (κ1) is 18.6. The molecule has 0 bridgehead atoms. The van der Waals surface area contributed by atoms with Crippen molar-refractivity contribution in [1.29, 1.82) is 0 Å². The molecule has 0 saturated heterocycles. The highest BCUT2D eigenvalue weighted by atomic mass is 19.1. The molecular formula is C24H18FNO3. The number of rotatable bonds is 4. The van der Waals surface area contributed by atoms with Crippen molar-refractivity contribution in [2.75, 3.05) is 7.11 Å². The normalized spacial score (nSPS) is 10.7. The minimum absolute atomic E-state index is 0.118. The number of ether oxygens (including phenoxy) is 1. The van der Waals surface area contributed by atoms with Crippen molar-refractivity contribution in [1.82, 2.24) is 5.16 Å². The van der Waals surface area contributed by atoms with Crippen LogP contribution in [0.5, 0.6) is 0 Å². The molecule has 0 aliphatic heterocycles. The maximum absolute atomic E-state index is 14.2. The fourth-order valence-corrected chi connectivity index (χ4v) is 3.26. The number of hydrogen-bond donors (Lipinski definition) is 0. The van der Waals surface area contributed by atoms with E-state index in [-0.39, 0.29) is 5.56 Å². The lowest BCUT2D eigenvalue weighted by Gasteiger charge is -2.07. The van der Waals surface area contributed by atoms with Crippen LogP contribution in [-0.4, -0.2) is 18.2 Å². The minimum Gasteiger partial charge on any atom is -0.465 e. The van der Waals surface area contributed by atoms with E-state index in [4.69, 9.17) is 4.52 Å². The Hall–Kier alpha value is -3.73. The van der Waals surface area contributed by atoms with Crippen LogP contribution in [-0.2, 0) is 4.74 Å². The molecule has 29 heavy (non-hydrogen) atoms. The fourth-order valence-electron chi connectivity index (χ4n) is 3.26. The number of carbonyl (C=O) groups excluding carboxylic acids is 1. The highest BCUT2D eigenvalue weighted by Gasteiger charge is 2.15. The number of hydrogen-bond acceptors (Lipinski definition) is 4. The first-order chi connectivity index (χ1) is 14.1. The monoisotopic (exact) mass is 387 g/mol. The summed E-state index contributed by atoms with van der Waals surface area (Å²) in [5, 5.41) is 4.05. The van der Waals surface area contributed by atoms with Gasteiger partial charge in [-0.05, 0) is 41.8 Å². The van der Waals surface area contributed by atoms with E-state index in [0.29, 0.717) is 17.0 Å². The lowest BCUT2D eigenvalue weighted by Crippen LogP contribution is -2.04. The molecule has 4 nitrogen and oxygen atoms in total. The molecule has 0 atom stereocenters. The number of benzene rings is 3. The third-order valence-corrected chi connectivity index (χ3v) is 4.78. The Labute approximate surface area is 167 Å². The van der Waals surface area contributed by atoms with Crippen molar-refractivity contribution in [3.8, 4) is 33.7 Å². The van der Waals surface area contributed by atoms with Crippen LogP contribution in [0, 0.1) is 12.7 Å². The van der Waals surface area contributed by atoms with Gasteiger partial charge in [-0.25, -0.2) is 9.18 Å². The van der Waals surface area contributed by atoms with Gasteiger partial charge in [-0.15, -0.1) is 0 Å². The first-order valence-corrected chi connectivity index (χ1v) is 9.08. The van der Waals surface area contributed by atoms with Crippen LogP contribution in [0.15, 0.2) is 77.3 Å². The number of aromatic nitrogens is 1. The Balaban J connectivity index is 1.64. The summed E-state index contributed by atoms with van der Waals surface area (Å²) in [5.74, 6) is -0.800. The molecule has 1 heterocycles. The van der Waals surface area contributed by atoms with E-state index >= 15 is 0 Å². The Morgan fingerprint density at radius 2 is 1.69 bits per heavy atom. The average Bonchev–Trinajstić information content (AvgIpc) is 3.24. The molecule has 0 unspecified atom stereocenters. The Morgan fingerprint density at radius 3 is 2.38 bits per heavy atom. The van der Waals surface area contributed by atoms with E-state index in [1.165, 1.54) is 19.2 Å². The molecule has 5 heteroatoms. The summed E-state index contributed by atoms with van der Waals surface area (Å²) in [6.07, 6.45) is 0. The molecule has 0 aliphatic rings. The van der Waals surface area contributed by atoms with E-state index in [0.717, 1.165) is 22.3 Å². The standard InChI is InChI=1S/C24H18FNO3/c1-15-12-18(9-10-19(15)16-6-4-3-5-7-16)23-14-22(26-29-23)17-8-11-20(21(25)13-17)24(27)28-2/h3-14H,1-2H3. The molecule has 144 valence electrons. The van der Waals surface area contributed by atoms with Crippen molar-refractivity contribution in [2.24, 2.45) is 0 Å². The lowest BCUT2D eigenvalue weighted by molar-refractivity contribution is 0.0595. The van der Waals surface area contributed by atoms with Gasteiger partial charge >= 0.3 is 5.97 Å². The zero-order valence-corrected chi connectivity index (χ0v) is 16.0. The number of nitrogens with zero attached hydrogens (tertiary/aromatic N) is 1. The second kappa shape index (κ2) is 7.72. The number of methoxy groups -OCH3 is 1. The van der Waals surface area contributed by atoms with Gasteiger partial charge in [-0.2, -0.15) is 0 Å². The van der Waals surface area contributed by atoms with Crippen molar-refractivity contribution in [3.05, 3.63) is 89.7 Å². The number of esters is 1. The smallest absolute Gasteiger partial charge is 0.340 e. The molecular weight excluding hydrogens is 369 g/mol. The van der Waals surface area contributed by atoms with Crippen molar-refractivity contribution in [2.45, 2.75) is 6.92 Å². The first-order valence-electron chi connectivity index (χ1n) is 9.08. The number of aryl methyl sites for hydroxylation is 1. The van der Waals surface area contributed by atoms with Gasteiger partial charge in [0.1, 0.15) is 11.5 Å². The predicted octanol–water partition coefficient (Wildman–Crippen LogP) is 5.91. The van der Waals surface area contributed by atoms with E-state index in [1.54, 1.807) is 12.1 Å². The third kappa shape index (κ3) is 3.67. The third-order valence-electron chi connectivity index (χ3n) is 4.78. The van der Waals surface area contributed by atoms with E-state index in [2.05, 4.69) is 22.0 Å². The number of carbonyl (C=O) groups is 1. The zero-order valence-electron chi connectivity index (χ0n) is 16.0. The molecule has 0 spiro atoms. The largest absolute Gasteiger partial charge is 0.465 e. The van der Waals surface area contributed by atoms with Crippen LogP contribution in [0.3, 0.4) is 0 Å². The lowest BCUT2D eigenvalue weighted by atomic mass is 9.97. The van der Waals surface area contributed by atoms with Crippen LogP contribution in [0.1, 0.15) is 15.9 Å². The van der Waals surface area contributed by atoms with Gasteiger partial charge in [0.05, 0.1) is 12.7 Å². The fraction of sp³-hybridized carbons (Fsp3) is 0.0833. The summed E-state index contributed by atoms with van der Waals surface area (Å²) < 4.78 is 24.2. The Morgan fingerprint density at radius 1 is 0.931 bits per heavy atom.